The first-order valence-corrected chi connectivity index (χ1v) is 8.72. The van der Waals surface area contributed by atoms with Crippen LogP contribution in [-0.4, -0.2) is 34.0 Å². The summed E-state index contributed by atoms with van der Waals surface area (Å²) in [5, 5.41) is 13.2. The highest BCUT2D eigenvalue weighted by molar-refractivity contribution is 7.99. The van der Waals surface area contributed by atoms with E-state index in [2.05, 4.69) is 5.32 Å². The third-order valence-corrected chi connectivity index (χ3v) is 5.46. The second-order valence-corrected chi connectivity index (χ2v) is 7.19. The third-order valence-electron chi connectivity index (χ3n) is 4.48. The van der Waals surface area contributed by atoms with Crippen molar-refractivity contribution < 1.29 is 19.1 Å². The smallest absolute Gasteiger partial charge is 0.329 e. The number of hydrogen-bond donors (Lipinski definition) is 2. The molecule has 0 spiro atoms. The Balaban J connectivity index is 1.95. The Morgan fingerprint density at radius 2 is 1.96 bits per heavy atom. The molecule has 0 bridgehead atoms. The van der Waals surface area contributed by atoms with Crippen LogP contribution in [0.1, 0.15) is 34.5 Å². The Kier molecular flexibility index (Phi) is 4.10. The number of amides is 1. The van der Waals surface area contributed by atoms with Gasteiger partial charge in [0, 0.05) is 10.9 Å². The lowest BCUT2D eigenvalue weighted by Crippen LogP contribution is -2.56. The maximum Gasteiger partial charge on any atom is 0.329 e. The van der Waals surface area contributed by atoms with Crippen molar-refractivity contribution in [3.8, 4) is 0 Å². The van der Waals surface area contributed by atoms with E-state index < -0.39 is 17.4 Å². The number of fused-ring (bicyclic) bond motifs is 1. The molecule has 1 fully saturated rings. The van der Waals surface area contributed by atoms with Crippen LogP contribution in [0.25, 0.3) is 11.0 Å². The molecule has 3 rings (SSSR count). The SMILES string of the molecule is Cc1c(C(=O)NC2(C(=O)O)CCSCC2)oc2c(C)cccc12. The summed E-state index contributed by atoms with van der Waals surface area (Å²) < 4.78 is 5.75. The van der Waals surface area contributed by atoms with Crippen LogP contribution in [0.15, 0.2) is 22.6 Å². The van der Waals surface area contributed by atoms with Crippen LogP contribution in [-0.2, 0) is 4.79 Å². The predicted octanol–water partition coefficient (Wildman–Crippen LogP) is 3.13. The van der Waals surface area contributed by atoms with Gasteiger partial charge in [-0.3, -0.25) is 4.79 Å². The molecule has 5 nitrogen and oxygen atoms in total. The highest BCUT2D eigenvalue weighted by Gasteiger charge is 2.42. The zero-order valence-corrected chi connectivity index (χ0v) is 14.0. The largest absolute Gasteiger partial charge is 0.480 e. The van der Waals surface area contributed by atoms with E-state index in [0.29, 0.717) is 18.4 Å². The van der Waals surface area contributed by atoms with E-state index in [1.807, 2.05) is 32.0 Å². The topological polar surface area (TPSA) is 79.5 Å². The van der Waals surface area contributed by atoms with Gasteiger partial charge in [0.15, 0.2) is 5.76 Å². The number of carboxylic acids is 1. The minimum atomic E-state index is -1.19. The highest BCUT2D eigenvalue weighted by atomic mass is 32.2. The Bertz CT molecular complexity index is 774. The van der Waals surface area contributed by atoms with Gasteiger partial charge < -0.3 is 14.8 Å². The number of hydrogen-bond acceptors (Lipinski definition) is 4. The summed E-state index contributed by atoms with van der Waals surface area (Å²) in [6.07, 6.45) is 0.855. The number of carbonyl (C=O) groups excluding carboxylic acids is 1. The standard InChI is InChI=1S/C17H19NO4S/c1-10-4-3-5-12-11(2)14(22-13(10)12)15(19)18-17(16(20)21)6-8-23-9-7-17/h3-5H,6-9H2,1-2H3,(H,18,19)(H,20,21). The van der Waals surface area contributed by atoms with E-state index in [1.54, 1.807) is 11.8 Å². The van der Waals surface area contributed by atoms with Gasteiger partial charge in [0.05, 0.1) is 0 Å². The summed E-state index contributed by atoms with van der Waals surface area (Å²) >= 11 is 1.71. The van der Waals surface area contributed by atoms with Gasteiger partial charge in [0.2, 0.25) is 0 Å². The molecular weight excluding hydrogens is 314 g/mol. The molecule has 1 amide bonds. The third kappa shape index (κ3) is 2.72. The van der Waals surface area contributed by atoms with Gasteiger partial charge in [0.1, 0.15) is 11.1 Å². The number of benzene rings is 1. The Morgan fingerprint density at radius 1 is 1.26 bits per heavy atom. The molecule has 2 heterocycles. The monoisotopic (exact) mass is 333 g/mol. The molecule has 23 heavy (non-hydrogen) atoms. The van der Waals surface area contributed by atoms with Crippen molar-refractivity contribution >= 4 is 34.6 Å². The predicted molar refractivity (Wildman–Crippen MR) is 90.1 cm³/mol. The fourth-order valence-electron chi connectivity index (χ4n) is 2.99. The first-order chi connectivity index (χ1) is 10.9. The summed E-state index contributed by atoms with van der Waals surface area (Å²) in [5.41, 5.74) is 1.18. The maximum absolute atomic E-state index is 12.6. The molecule has 6 heteroatoms. The first-order valence-electron chi connectivity index (χ1n) is 7.57. The van der Waals surface area contributed by atoms with Crippen molar-refractivity contribution in [3.63, 3.8) is 0 Å². The molecule has 0 atom stereocenters. The number of furan rings is 1. The van der Waals surface area contributed by atoms with Crippen LogP contribution in [0.2, 0.25) is 0 Å². The zero-order valence-electron chi connectivity index (χ0n) is 13.1. The van der Waals surface area contributed by atoms with Gasteiger partial charge in [-0.15, -0.1) is 0 Å². The van der Waals surface area contributed by atoms with E-state index >= 15 is 0 Å². The van der Waals surface area contributed by atoms with Crippen LogP contribution in [0.4, 0.5) is 0 Å². The van der Waals surface area contributed by atoms with E-state index in [-0.39, 0.29) is 5.76 Å². The molecule has 1 aromatic heterocycles. The van der Waals surface area contributed by atoms with Crippen LogP contribution in [0.3, 0.4) is 0 Å². The first kappa shape index (κ1) is 15.9. The fraction of sp³-hybridized carbons (Fsp3) is 0.412. The minimum absolute atomic E-state index is 0.202. The molecule has 1 aliphatic heterocycles. The lowest BCUT2D eigenvalue weighted by Gasteiger charge is -2.33. The van der Waals surface area contributed by atoms with E-state index in [4.69, 9.17) is 4.42 Å². The number of aryl methyl sites for hydroxylation is 2. The number of para-hydroxylation sites is 1. The number of rotatable bonds is 3. The maximum atomic E-state index is 12.6. The van der Waals surface area contributed by atoms with Crippen molar-refractivity contribution in [2.45, 2.75) is 32.2 Å². The average Bonchev–Trinajstić information content (AvgIpc) is 2.87. The van der Waals surface area contributed by atoms with Gasteiger partial charge in [-0.05, 0) is 43.8 Å². The van der Waals surface area contributed by atoms with Crippen LogP contribution >= 0.6 is 11.8 Å². The zero-order chi connectivity index (χ0) is 16.6. The molecular formula is C17H19NO4S. The molecule has 1 aromatic carbocycles. The molecule has 0 unspecified atom stereocenters. The normalized spacial score (nSPS) is 17.1. The second-order valence-electron chi connectivity index (χ2n) is 5.96. The van der Waals surface area contributed by atoms with Gasteiger partial charge in [-0.1, -0.05) is 18.2 Å². The second kappa shape index (κ2) is 5.92. The lowest BCUT2D eigenvalue weighted by molar-refractivity contribution is -0.144. The van der Waals surface area contributed by atoms with Crippen molar-refractivity contribution in [2.24, 2.45) is 0 Å². The summed E-state index contributed by atoms with van der Waals surface area (Å²) in [4.78, 5) is 24.3. The molecule has 2 aromatic rings. The fourth-order valence-corrected chi connectivity index (χ4v) is 4.18. The van der Waals surface area contributed by atoms with E-state index in [1.165, 1.54) is 0 Å². The number of carboxylic acid groups (broad SMARTS) is 1. The highest BCUT2D eigenvalue weighted by Crippen LogP contribution is 2.30. The number of aliphatic carboxylic acids is 1. The summed E-state index contributed by atoms with van der Waals surface area (Å²) in [6, 6.07) is 5.74. The van der Waals surface area contributed by atoms with Crippen molar-refractivity contribution in [2.75, 3.05) is 11.5 Å². The summed E-state index contributed by atoms with van der Waals surface area (Å²) in [7, 11) is 0. The van der Waals surface area contributed by atoms with Gasteiger partial charge in [-0.25, -0.2) is 4.79 Å². The van der Waals surface area contributed by atoms with Crippen LogP contribution in [0, 0.1) is 13.8 Å². The quantitative estimate of drug-likeness (QED) is 0.902. The molecule has 0 radical (unpaired) electrons. The van der Waals surface area contributed by atoms with Crippen molar-refractivity contribution in [1.29, 1.82) is 0 Å². The number of carbonyl (C=O) groups is 2. The lowest BCUT2D eigenvalue weighted by atomic mass is 9.92. The number of thioether (sulfide) groups is 1. The summed E-state index contributed by atoms with van der Waals surface area (Å²) in [6.45, 7) is 3.74. The van der Waals surface area contributed by atoms with Crippen LogP contribution < -0.4 is 5.32 Å². The molecule has 0 saturated carbocycles. The van der Waals surface area contributed by atoms with Gasteiger partial charge in [-0.2, -0.15) is 11.8 Å². The van der Waals surface area contributed by atoms with E-state index in [9.17, 15) is 14.7 Å². The number of nitrogens with one attached hydrogen (secondary N) is 1. The van der Waals surface area contributed by atoms with Crippen molar-refractivity contribution in [3.05, 3.63) is 35.1 Å². The van der Waals surface area contributed by atoms with Gasteiger partial charge in [0.25, 0.3) is 5.91 Å². The molecule has 2 N–H and O–H groups in total. The average molecular weight is 333 g/mol. The molecule has 1 saturated heterocycles. The van der Waals surface area contributed by atoms with Crippen molar-refractivity contribution in [1.82, 2.24) is 5.32 Å². The Hall–Kier alpha value is -1.95. The van der Waals surface area contributed by atoms with E-state index in [0.717, 1.165) is 28.0 Å². The molecule has 122 valence electrons. The molecule has 0 aliphatic carbocycles. The minimum Gasteiger partial charge on any atom is -0.480 e. The van der Waals surface area contributed by atoms with Gasteiger partial charge >= 0.3 is 5.97 Å². The Labute approximate surface area is 138 Å². The Morgan fingerprint density at radius 3 is 2.57 bits per heavy atom. The molecule has 1 aliphatic rings. The summed E-state index contributed by atoms with van der Waals surface area (Å²) in [5.74, 6) is 0.229. The van der Waals surface area contributed by atoms with Crippen LogP contribution in [0.5, 0.6) is 0 Å².